The highest BCUT2D eigenvalue weighted by molar-refractivity contribution is 5.91. The smallest absolute Gasteiger partial charge is 0.246 e. The molecular weight excluding hydrogens is 410 g/mol. The number of piperidine rings is 1. The second-order valence-electron chi connectivity index (χ2n) is 9.81. The Labute approximate surface area is 197 Å². The number of carbonyl (C=O) groups is 1. The summed E-state index contributed by atoms with van der Waals surface area (Å²) in [6.07, 6.45) is 14.1. The van der Waals surface area contributed by atoms with Crippen LogP contribution in [0.15, 0.2) is 54.9 Å². The van der Waals surface area contributed by atoms with E-state index in [-0.39, 0.29) is 12.0 Å². The van der Waals surface area contributed by atoms with Crippen LogP contribution in [0.3, 0.4) is 0 Å². The maximum Gasteiger partial charge on any atom is 0.246 e. The topological polar surface area (TPSA) is 45.7 Å². The van der Waals surface area contributed by atoms with E-state index in [1.165, 1.54) is 24.0 Å². The Balaban J connectivity index is 1.17. The number of hydrogen-bond acceptors (Lipinski definition) is 4. The van der Waals surface area contributed by atoms with Crippen LogP contribution in [0.25, 0.3) is 6.08 Å². The van der Waals surface area contributed by atoms with Gasteiger partial charge in [-0.05, 0) is 86.4 Å². The molecule has 0 saturated carbocycles. The molecule has 0 N–H and O–H groups in total. The van der Waals surface area contributed by atoms with E-state index in [1.54, 1.807) is 18.5 Å². The number of amides is 1. The number of ether oxygens (including phenoxy) is 1. The summed E-state index contributed by atoms with van der Waals surface area (Å²) in [6.45, 7) is 4.62. The summed E-state index contributed by atoms with van der Waals surface area (Å²) in [5.41, 5.74) is 4.01. The van der Waals surface area contributed by atoms with Gasteiger partial charge in [-0.15, -0.1) is 0 Å². The Kier molecular flexibility index (Phi) is 7.18. The highest BCUT2D eigenvalue weighted by Crippen LogP contribution is 2.29. The molecule has 0 bridgehead atoms. The van der Waals surface area contributed by atoms with Crippen LogP contribution in [0.2, 0.25) is 0 Å². The van der Waals surface area contributed by atoms with Crippen molar-refractivity contribution >= 4 is 12.0 Å². The Morgan fingerprint density at radius 1 is 1.06 bits per heavy atom. The number of rotatable bonds is 7. The van der Waals surface area contributed by atoms with E-state index in [4.69, 9.17) is 4.74 Å². The van der Waals surface area contributed by atoms with Crippen molar-refractivity contribution in [1.29, 1.82) is 0 Å². The molecule has 1 atom stereocenters. The van der Waals surface area contributed by atoms with Gasteiger partial charge in [0.15, 0.2) is 0 Å². The average molecular weight is 446 g/mol. The fourth-order valence-electron chi connectivity index (χ4n) is 5.64. The zero-order valence-electron chi connectivity index (χ0n) is 19.4. The number of benzene rings is 1. The second kappa shape index (κ2) is 10.6. The zero-order chi connectivity index (χ0) is 22.5. The molecule has 5 nitrogen and oxygen atoms in total. The minimum Gasteiger partial charge on any atom is -0.376 e. The Bertz CT molecular complexity index is 922. The van der Waals surface area contributed by atoms with Gasteiger partial charge in [-0.1, -0.05) is 30.3 Å². The van der Waals surface area contributed by atoms with Gasteiger partial charge in [0.1, 0.15) is 0 Å². The molecule has 5 rings (SSSR count). The Morgan fingerprint density at radius 2 is 1.85 bits per heavy atom. The number of hydrogen-bond donors (Lipinski definition) is 0. The van der Waals surface area contributed by atoms with E-state index in [0.717, 1.165) is 57.5 Å². The van der Waals surface area contributed by atoms with Gasteiger partial charge in [0.2, 0.25) is 5.91 Å². The predicted molar refractivity (Wildman–Crippen MR) is 131 cm³/mol. The zero-order valence-corrected chi connectivity index (χ0v) is 19.4. The summed E-state index contributed by atoms with van der Waals surface area (Å²) in [6, 6.07) is 13.4. The van der Waals surface area contributed by atoms with Gasteiger partial charge >= 0.3 is 0 Å². The van der Waals surface area contributed by atoms with Crippen LogP contribution in [-0.2, 0) is 22.4 Å². The van der Waals surface area contributed by atoms with Gasteiger partial charge in [0.05, 0.1) is 6.10 Å². The van der Waals surface area contributed by atoms with E-state index in [0.29, 0.717) is 18.5 Å². The fourth-order valence-corrected chi connectivity index (χ4v) is 5.64. The lowest BCUT2D eigenvalue weighted by Gasteiger charge is -2.38. The molecule has 1 aromatic heterocycles. The minimum atomic E-state index is 0.0861. The van der Waals surface area contributed by atoms with Gasteiger partial charge in [-0.3, -0.25) is 14.7 Å². The maximum absolute atomic E-state index is 13.1. The highest BCUT2D eigenvalue weighted by Gasteiger charge is 2.31. The van der Waals surface area contributed by atoms with Crippen molar-refractivity contribution in [3.05, 3.63) is 71.6 Å². The van der Waals surface area contributed by atoms with E-state index >= 15 is 0 Å². The summed E-state index contributed by atoms with van der Waals surface area (Å²) in [4.78, 5) is 22.0. The first-order valence-corrected chi connectivity index (χ1v) is 12.5. The van der Waals surface area contributed by atoms with Gasteiger partial charge in [-0.2, -0.15) is 0 Å². The minimum absolute atomic E-state index is 0.0861. The van der Waals surface area contributed by atoms with Crippen LogP contribution in [-0.4, -0.2) is 65.6 Å². The first-order valence-electron chi connectivity index (χ1n) is 12.5. The van der Waals surface area contributed by atoms with Crippen LogP contribution in [0.1, 0.15) is 42.4 Å². The molecule has 3 heterocycles. The lowest BCUT2D eigenvalue weighted by atomic mass is 9.94. The van der Waals surface area contributed by atoms with Gasteiger partial charge in [-0.25, -0.2) is 0 Å². The molecule has 2 aromatic rings. The number of carbonyl (C=O) groups excluding carboxylic acids is 1. The quantitative estimate of drug-likeness (QED) is 0.605. The molecule has 2 fully saturated rings. The molecule has 33 heavy (non-hydrogen) atoms. The van der Waals surface area contributed by atoms with E-state index < -0.39 is 0 Å². The third kappa shape index (κ3) is 5.71. The molecule has 2 saturated heterocycles. The fraction of sp³-hybridized carbons (Fsp3) is 0.500. The summed E-state index contributed by atoms with van der Waals surface area (Å²) in [5, 5.41) is 0. The molecule has 1 amide bonds. The first-order chi connectivity index (χ1) is 16.2. The number of likely N-dealkylation sites (tertiary alicyclic amines) is 1. The monoisotopic (exact) mass is 445 g/mol. The maximum atomic E-state index is 13.1. The standard InChI is InChI=1S/C28H35N3O2/c32-28(10-9-22-5-3-13-29-19-22)31(21-27-8-4-16-33-27)20-23-11-14-30(15-12-23)26-17-24-6-1-2-7-25(24)18-26/h1-3,5-7,9-10,13,19,23,26-27H,4,8,11-12,14-18,20-21H2. The highest BCUT2D eigenvalue weighted by atomic mass is 16.5. The summed E-state index contributed by atoms with van der Waals surface area (Å²) < 4.78 is 5.86. The van der Waals surface area contributed by atoms with Crippen molar-refractivity contribution in [2.24, 2.45) is 5.92 Å². The van der Waals surface area contributed by atoms with Gasteiger partial charge < -0.3 is 9.64 Å². The molecule has 1 aliphatic carbocycles. The van der Waals surface area contributed by atoms with Crippen molar-refractivity contribution in [3.8, 4) is 0 Å². The lowest BCUT2D eigenvalue weighted by Crippen LogP contribution is -2.46. The second-order valence-corrected chi connectivity index (χ2v) is 9.81. The third-order valence-corrected chi connectivity index (χ3v) is 7.54. The molecule has 1 unspecified atom stereocenters. The normalized spacial score (nSPS) is 22.1. The van der Waals surface area contributed by atoms with E-state index in [2.05, 4.69) is 34.1 Å². The van der Waals surface area contributed by atoms with E-state index in [1.807, 2.05) is 23.1 Å². The van der Waals surface area contributed by atoms with Crippen molar-refractivity contribution in [1.82, 2.24) is 14.8 Å². The average Bonchev–Trinajstić information content (AvgIpc) is 3.53. The first kappa shape index (κ1) is 22.3. The molecular formula is C28H35N3O2. The number of pyridine rings is 1. The predicted octanol–water partition coefficient (Wildman–Crippen LogP) is 3.98. The van der Waals surface area contributed by atoms with Crippen LogP contribution in [0, 0.1) is 5.92 Å². The Hall–Kier alpha value is -2.50. The number of aromatic nitrogens is 1. The van der Waals surface area contributed by atoms with Crippen molar-refractivity contribution in [2.75, 3.05) is 32.8 Å². The molecule has 5 heteroatoms. The largest absolute Gasteiger partial charge is 0.376 e. The van der Waals surface area contributed by atoms with E-state index in [9.17, 15) is 4.79 Å². The van der Waals surface area contributed by atoms with Crippen LogP contribution in [0.5, 0.6) is 0 Å². The molecule has 0 radical (unpaired) electrons. The third-order valence-electron chi connectivity index (χ3n) is 7.54. The molecule has 3 aliphatic rings. The SMILES string of the molecule is O=C(C=Cc1cccnc1)N(CC1CCN(C2Cc3ccccc3C2)CC1)CC1CCCO1. The van der Waals surface area contributed by atoms with Gasteiger partial charge in [0, 0.05) is 44.2 Å². The Morgan fingerprint density at radius 3 is 2.52 bits per heavy atom. The molecule has 1 aromatic carbocycles. The van der Waals surface area contributed by atoms with Crippen molar-refractivity contribution < 1.29 is 9.53 Å². The number of fused-ring (bicyclic) bond motifs is 1. The van der Waals surface area contributed by atoms with Crippen molar-refractivity contribution in [2.45, 2.75) is 50.7 Å². The molecule has 2 aliphatic heterocycles. The van der Waals surface area contributed by atoms with Crippen LogP contribution in [0.4, 0.5) is 0 Å². The summed E-state index contributed by atoms with van der Waals surface area (Å²) in [5.74, 6) is 0.644. The van der Waals surface area contributed by atoms with Crippen LogP contribution < -0.4 is 0 Å². The summed E-state index contributed by atoms with van der Waals surface area (Å²) in [7, 11) is 0. The van der Waals surface area contributed by atoms with Crippen LogP contribution >= 0.6 is 0 Å². The lowest BCUT2D eigenvalue weighted by molar-refractivity contribution is -0.128. The molecule has 0 spiro atoms. The summed E-state index contributed by atoms with van der Waals surface area (Å²) >= 11 is 0. The van der Waals surface area contributed by atoms with Crippen molar-refractivity contribution in [3.63, 3.8) is 0 Å². The molecule has 174 valence electrons. The number of nitrogens with zero attached hydrogens (tertiary/aromatic N) is 3. The van der Waals surface area contributed by atoms with Gasteiger partial charge in [0.25, 0.3) is 0 Å².